The summed E-state index contributed by atoms with van der Waals surface area (Å²) in [4.78, 5) is 3.63. The number of aromatic nitrogens is 2. The molecule has 0 bridgehead atoms. The molecule has 1 aliphatic rings. The molecule has 0 aliphatic heterocycles. The molecular weight excluding hydrogens is 464 g/mol. The monoisotopic (exact) mass is 482 g/mol. The van der Waals surface area contributed by atoms with Gasteiger partial charge in [0, 0.05) is 23.7 Å². The first-order valence-electron chi connectivity index (χ1n) is 9.96. The Hall–Kier alpha value is -3.17. The van der Waals surface area contributed by atoms with E-state index in [4.69, 9.17) is 0 Å². The largest absolute Gasteiger partial charge is 0.505 e. The summed E-state index contributed by atoms with van der Waals surface area (Å²) < 4.78 is 80.3. The van der Waals surface area contributed by atoms with Crippen molar-refractivity contribution in [3.8, 4) is 23.2 Å². The van der Waals surface area contributed by atoms with Crippen molar-refractivity contribution in [2.45, 2.75) is 49.3 Å². The number of sulfonamides is 1. The Balaban J connectivity index is 1.82. The lowest BCUT2D eigenvalue weighted by Crippen LogP contribution is -2.42. The number of nitrogens with one attached hydrogen (secondary N) is 1. The molecule has 7 nitrogen and oxygen atoms in total. The lowest BCUT2D eigenvalue weighted by Gasteiger charge is -2.30. The van der Waals surface area contributed by atoms with Crippen LogP contribution in [0.4, 0.5) is 17.6 Å². The smallest absolute Gasteiger partial charge is 0.404 e. The Labute approximate surface area is 186 Å². The summed E-state index contributed by atoms with van der Waals surface area (Å²) in [5, 5.41) is 19.9. The van der Waals surface area contributed by atoms with Gasteiger partial charge in [0.1, 0.15) is 17.0 Å². The molecule has 0 radical (unpaired) electrons. The molecule has 174 valence electrons. The van der Waals surface area contributed by atoms with Crippen molar-refractivity contribution < 1.29 is 31.1 Å². The summed E-state index contributed by atoms with van der Waals surface area (Å²) in [6.07, 6.45) is -1.35. The standard InChI is InChI=1S/C21H18F4N4O3S/c1-11(21(23,24)25)28-33(31,32)13-5-6-17(27-10-13)20-15(9-26)14-7-16(22)19(30)8-18(14)29(20)12-3-2-4-12/h5-8,10-12,28,30H,2-4H2,1H3/t11-/m0/s1. The van der Waals surface area contributed by atoms with Crippen LogP contribution >= 0.6 is 0 Å². The molecule has 1 fully saturated rings. The zero-order valence-electron chi connectivity index (χ0n) is 17.2. The van der Waals surface area contributed by atoms with Gasteiger partial charge in [0.2, 0.25) is 10.0 Å². The Bertz CT molecular complexity index is 1370. The van der Waals surface area contributed by atoms with Gasteiger partial charge in [0.05, 0.1) is 22.5 Å². The van der Waals surface area contributed by atoms with Crippen LogP contribution in [0.5, 0.6) is 5.75 Å². The third-order valence-electron chi connectivity index (χ3n) is 5.74. The van der Waals surface area contributed by atoms with Crippen LogP contribution in [0.1, 0.15) is 37.8 Å². The fourth-order valence-electron chi connectivity index (χ4n) is 3.75. The summed E-state index contributed by atoms with van der Waals surface area (Å²) in [5.74, 6) is -1.47. The Morgan fingerprint density at radius 2 is 2.00 bits per heavy atom. The summed E-state index contributed by atoms with van der Waals surface area (Å²) in [6.45, 7) is 0.685. The highest BCUT2D eigenvalue weighted by Gasteiger charge is 2.39. The fraction of sp³-hybridized carbons (Fsp3) is 0.333. The average Bonchev–Trinajstić information content (AvgIpc) is 2.99. The summed E-state index contributed by atoms with van der Waals surface area (Å²) in [5.41, 5.74) is 1.05. The van der Waals surface area contributed by atoms with Gasteiger partial charge in [-0.15, -0.1) is 0 Å². The maximum atomic E-state index is 14.0. The van der Waals surface area contributed by atoms with Crippen LogP contribution in [-0.4, -0.2) is 35.3 Å². The SMILES string of the molecule is C[C@H](NS(=O)(=O)c1ccc(-c2c(C#N)c3cc(F)c(O)cc3n2C2CCC2)nc1)C(F)(F)F. The first kappa shape index (κ1) is 23.0. The van der Waals surface area contributed by atoms with Crippen molar-refractivity contribution in [2.75, 3.05) is 0 Å². The number of hydrogen-bond acceptors (Lipinski definition) is 5. The van der Waals surface area contributed by atoms with E-state index in [1.165, 1.54) is 12.1 Å². The molecule has 1 saturated carbocycles. The molecule has 33 heavy (non-hydrogen) atoms. The van der Waals surface area contributed by atoms with E-state index >= 15 is 0 Å². The number of phenols is 1. The van der Waals surface area contributed by atoms with Gasteiger partial charge in [-0.3, -0.25) is 4.98 Å². The van der Waals surface area contributed by atoms with Gasteiger partial charge in [0.25, 0.3) is 0 Å². The molecule has 0 saturated heterocycles. The number of nitrogens with zero attached hydrogens (tertiary/aromatic N) is 3. The number of rotatable bonds is 5. The van der Waals surface area contributed by atoms with E-state index in [-0.39, 0.29) is 22.7 Å². The number of phenolic OH excluding ortho intramolecular Hbond substituents is 1. The van der Waals surface area contributed by atoms with Crippen molar-refractivity contribution in [1.29, 1.82) is 5.26 Å². The number of pyridine rings is 1. The second-order valence-corrected chi connectivity index (χ2v) is 9.59. The van der Waals surface area contributed by atoms with Crippen LogP contribution in [-0.2, 0) is 10.0 Å². The van der Waals surface area contributed by atoms with E-state index in [0.29, 0.717) is 18.1 Å². The average molecular weight is 482 g/mol. The number of halogens is 4. The van der Waals surface area contributed by atoms with Crippen LogP contribution in [0.25, 0.3) is 22.3 Å². The van der Waals surface area contributed by atoms with Crippen molar-refractivity contribution in [3.05, 3.63) is 41.8 Å². The summed E-state index contributed by atoms with van der Waals surface area (Å²) in [7, 11) is -4.50. The maximum Gasteiger partial charge on any atom is 0.404 e. The highest BCUT2D eigenvalue weighted by atomic mass is 32.2. The molecule has 3 aromatic rings. The van der Waals surface area contributed by atoms with Crippen LogP contribution < -0.4 is 4.72 Å². The van der Waals surface area contributed by atoms with Crippen LogP contribution in [0, 0.1) is 17.1 Å². The van der Waals surface area contributed by atoms with Crippen LogP contribution in [0.3, 0.4) is 0 Å². The molecule has 12 heteroatoms. The van der Waals surface area contributed by atoms with Gasteiger partial charge in [-0.1, -0.05) is 0 Å². The highest BCUT2D eigenvalue weighted by Crippen LogP contribution is 2.43. The van der Waals surface area contributed by atoms with Gasteiger partial charge in [0.15, 0.2) is 11.6 Å². The number of hydrogen-bond donors (Lipinski definition) is 2. The molecule has 2 N–H and O–H groups in total. The summed E-state index contributed by atoms with van der Waals surface area (Å²) >= 11 is 0. The van der Waals surface area contributed by atoms with E-state index < -0.39 is 38.7 Å². The van der Waals surface area contributed by atoms with Gasteiger partial charge in [-0.05, 0) is 44.4 Å². The fourth-order valence-corrected chi connectivity index (χ4v) is 4.93. The highest BCUT2D eigenvalue weighted by molar-refractivity contribution is 7.89. The lowest BCUT2D eigenvalue weighted by molar-refractivity contribution is -0.147. The van der Waals surface area contributed by atoms with E-state index in [2.05, 4.69) is 4.98 Å². The molecule has 4 rings (SSSR count). The molecular formula is C21H18F4N4O3S. The van der Waals surface area contributed by atoms with E-state index in [1.807, 2.05) is 6.07 Å². The predicted octanol–water partition coefficient (Wildman–Crippen LogP) is 4.37. The number of nitriles is 1. The first-order chi connectivity index (χ1) is 15.4. The molecule has 2 aromatic heterocycles. The Morgan fingerprint density at radius 3 is 2.52 bits per heavy atom. The molecule has 0 amide bonds. The number of aromatic hydroxyl groups is 1. The summed E-state index contributed by atoms with van der Waals surface area (Å²) in [6, 6.07) is 4.37. The topological polar surface area (TPSA) is 108 Å². The predicted molar refractivity (Wildman–Crippen MR) is 110 cm³/mol. The van der Waals surface area contributed by atoms with Crippen LogP contribution in [0.2, 0.25) is 0 Å². The van der Waals surface area contributed by atoms with Gasteiger partial charge in [-0.25, -0.2) is 12.8 Å². The number of fused-ring (bicyclic) bond motifs is 1. The van der Waals surface area contributed by atoms with Crippen molar-refractivity contribution >= 4 is 20.9 Å². The van der Waals surface area contributed by atoms with E-state index in [0.717, 1.165) is 37.6 Å². The number of alkyl halides is 3. The molecule has 1 atom stereocenters. The first-order valence-corrected chi connectivity index (χ1v) is 11.4. The van der Waals surface area contributed by atoms with Gasteiger partial charge < -0.3 is 9.67 Å². The minimum atomic E-state index is -4.76. The Morgan fingerprint density at radius 1 is 1.30 bits per heavy atom. The molecule has 1 aliphatic carbocycles. The molecule has 2 heterocycles. The number of benzene rings is 1. The zero-order chi connectivity index (χ0) is 24.1. The van der Waals surface area contributed by atoms with Crippen molar-refractivity contribution in [1.82, 2.24) is 14.3 Å². The third-order valence-corrected chi connectivity index (χ3v) is 7.26. The van der Waals surface area contributed by atoms with Gasteiger partial charge in [-0.2, -0.15) is 23.2 Å². The van der Waals surface area contributed by atoms with Gasteiger partial charge >= 0.3 is 6.18 Å². The molecule has 1 aromatic carbocycles. The maximum absolute atomic E-state index is 14.0. The second kappa shape index (κ2) is 8.00. The Kier molecular flexibility index (Phi) is 5.58. The van der Waals surface area contributed by atoms with Crippen LogP contribution in [0.15, 0.2) is 35.4 Å². The van der Waals surface area contributed by atoms with E-state index in [9.17, 15) is 36.3 Å². The quantitative estimate of drug-likeness (QED) is 0.525. The molecule has 0 unspecified atom stereocenters. The van der Waals surface area contributed by atoms with E-state index in [1.54, 1.807) is 9.29 Å². The zero-order valence-corrected chi connectivity index (χ0v) is 18.0. The molecule has 0 spiro atoms. The van der Waals surface area contributed by atoms with Crippen molar-refractivity contribution in [3.63, 3.8) is 0 Å². The lowest BCUT2D eigenvalue weighted by atomic mass is 9.92. The normalized spacial score (nSPS) is 15.9. The minimum absolute atomic E-state index is 0.0334. The second-order valence-electron chi connectivity index (χ2n) is 7.87. The van der Waals surface area contributed by atoms with Crippen molar-refractivity contribution in [2.24, 2.45) is 0 Å². The minimum Gasteiger partial charge on any atom is -0.505 e. The third kappa shape index (κ3) is 4.02.